The summed E-state index contributed by atoms with van der Waals surface area (Å²) >= 11 is 0. The molecule has 0 radical (unpaired) electrons. The maximum Gasteiger partial charge on any atom is 0.134 e. The zero-order valence-electron chi connectivity index (χ0n) is 10.6. The molecule has 0 aliphatic heterocycles. The van der Waals surface area contributed by atoms with E-state index in [1.807, 2.05) is 49.4 Å². The second kappa shape index (κ2) is 6.38. The lowest BCUT2D eigenvalue weighted by molar-refractivity contribution is 0.00747. The monoisotopic (exact) mass is 245 g/mol. The van der Waals surface area contributed by atoms with Crippen LogP contribution in [-0.4, -0.2) is 6.04 Å². The van der Waals surface area contributed by atoms with Gasteiger partial charge in [-0.05, 0) is 24.1 Å². The first-order chi connectivity index (χ1) is 8.81. The summed E-state index contributed by atoms with van der Waals surface area (Å²) in [5.41, 5.74) is 7.22. The van der Waals surface area contributed by atoms with Crippen LogP contribution in [0.4, 0.5) is 0 Å². The Morgan fingerprint density at radius 2 is 1.94 bits per heavy atom. The number of furan rings is 1. The highest BCUT2D eigenvalue weighted by atomic mass is 16.5. The van der Waals surface area contributed by atoms with Gasteiger partial charge in [0.2, 0.25) is 0 Å². The van der Waals surface area contributed by atoms with E-state index in [2.05, 4.69) is 0 Å². The molecule has 1 aromatic heterocycles. The molecule has 2 rings (SSSR count). The van der Waals surface area contributed by atoms with Gasteiger partial charge in [-0.1, -0.05) is 37.3 Å². The molecule has 0 aliphatic rings. The molecule has 1 heterocycles. The van der Waals surface area contributed by atoms with E-state index in [9.17, 15) is 0 Å². The van der Waals surface area contributed by atoms with Crippen LogP contribution >= 0.6 is 0 Å². The average molecular weight is 245 g/mol. The Bertz CT molecular complexity index is 439. The van der Waals surface area contributed by atoms with E-state index in [1.54, 1.807) is 6.26 Å². The summed E-state index contributed by atoms with van der Waals surface area (Å²) in [6, 6.07) is 13.8. The van der Waals surface area contributed by atoms with Crippen molar-refractivity contribution in [2.24, 2.45) is 5.73 Å². The van der Waals surface area contributed by atoms with E-state index in [-0.39, 0.29) is 12.1 Å². The van der Waals surface area contributed by atoms with Crippen molar-refractivity contribution in [1.82, 2.24) is 0 Å². The molecule has 96 valence electrons. The Kier molecular flexibility index (Phi) is 4.56. The van der Waals surface area contributed by atoms with E-state index in [1.165, 1.54) is 0 Å². The quantitative estimate of drug-likeness (QED) is 0.849. The SMILES string of the molecule is CCC(N)C(OCc1ccccc1)c1ccco1. The highest BCUT2D eigenvalue weighted by Gasteiger charge is 2.21. The van der Waals surface area contributed by atoms with E-state index >= 15 is 0 Å². The normalized spacial score (nSPS) is 14.3. The van der Waals surface area contributed by atoms with Gasteiger partial charge in [-0.25, -0.2) is 0 Å². The van der Waals surface area contributed by atoms with Crippen molar-refractivity contribution in [2.45, 2.75) is 32.1 Å². The molecule has 2 N–H and O–H groups in total. The molecule has 2 unspecified atom stereocenters. The first kappa shape index (κ1) is 12.9. The molecule has 0 saturated carbocycles. The molecule has 0 amide bonds. The Hall–Kier alpha value is -1.58. The number of nitrogens with two attached hydrogens (primary N) is 1. The number of rotatable bonds is 6. The highest BCUT2D eigenvalue weighted by Crippen LogP contribution is 2.23. The van der Waals surface area contributed by atoms with Gasteiger partial charge in [0.1, 0.15) is 11.9 Å². The van der Waals surface area contributed by atoms with Gasteiger partial charge in [-0.15, -0.1) is 0 Å². The van der Waals surface area contributed by atoms with Crippen LogP contribution < -0.4 is 5.73 Å². The average Bonchev–Trinajstić information content (AvgIpc) is 2.94. The summed E-state index contributed by atoms with van der Waals surface area (Å²) in [4.78, 5) is 0. The molecule has 3 heteroatoms. The molecule has 1 aromatic carbocycles. The van der Waals surface area contributed by atoms with Crippen molar-refractivity contribution in [2.75, 3.05) is 0 Å². The van der Waals surface area contributed by atoms with Gasteiger partial charge >= 0.3 is 0 Å². The van der Waals surface area contributed by atoms with Crippen LogP contribution in [-0.2, 0) is 11.3 Å². The predicted octanol–water partition coefficient (Wildman–Crippen LogP) is 3.27. The second-order valence-electron chi connectivity index (χ2n) is 4.30. The van der Waals surface area contributed by atoms with Gasteiger partial charge in [0.05, 0.1) is 12.9 Å². The Balaban J connectivity index is 2.02. The Morgan fingerprint density at radius 1 is 1.17 bits per heavy atom. The first-order valence-electron chi connectivity index (χ1n) is 6.25. The third-order valence-electron chi connectivity index (χ3n) is 2.96. The lowest BCUT2D eigenvalue weighted by Gasteiger charge is -2.21. The third-order valence-corrected chi connectivity index (χ3v) is 2.96. The van der Waals surface area contributed by atoms with E-state index < -0.39 is 0 Å². The molecule has 2 aromatic rings. The topological polar surface area (TPSA) is 48.4 Å². The third kappa shape index (κ3) is 3.22. The number of ether oxygens (including phenoxy) is 1. The van der Waals surface area contributed by atoms with E-state index in [0.29, 0.717) is 6.61 Å². The van der Waals surface area contributed by atoms with Crippen LogP contribution in [0.2, 0.25) is 0 Å². The van der Waals surface area contributed by atoms with Crippen molar-refractivity contribution in [3.05, 3.63) is 60.1 Å². The summed E-state index contributed by atoms with van der Waals surface area (Å²) in [7, 11) is 0. The lowest BCUT2D eigenvalue weighted by Crippen LogP contribution is -2.29. The second-order valence-corrected chi connectivity index (χ2v) is 4.30. The van der Waals surface area contributed by atoms with E-state index in [4.69, 9.17) is 14.9 Å². The minimum Gasteiger partial charge on any atom is -0.467 e. The molecular formula is C15H19NO2. The van der Waals surface area contributed by atoms with Crippen molar-refractivity contribution >= 4 is 0 Å². The summed E-state index contributed by atoms with van der Waals surface area (Å²) in [5, 5.41) is 0. The maximum atomic E-state index is 6.09. The van der Waals surface area contributed by atoms with Crippen LogP contribution in [0.5, 0.6) is 0 Å². The van der Waals surface area contributed by atoms with Crippen molar-refractivity contribution in [1.29, 1.82) is 0 Å². The number of hydrogen-bond donors (Lipinski definition) is 1. The van der Waals surface area contributed by atoms with Gasteiger partial charge < -0.3 is 14.9 Å². The van der Waals surface area contributed by atoms with Gasteiger partial charge in [0, 0.05) is 6.04 Å². The van der Waals surface area contributed by atoms with Crippen LogP contribution in [0, 0.1) is 0 Å². The minimum absolute atomic E-state index is 0.0557. The summed E-state index contributed by atoms with van der Waals surface area (Å²) in [6.07, 6.45) is 2.31. The molecule has 0 aliphatic carbocycles. The lowest BCUT2D eigenvalue weighted by atomic mass is 10.1. The molecule has 0 spiro atoms. The largest absolute Gasteiger partial charge is 0.467 e. The Morgan fingerprint density at radius 3 is 2.56 bits per heavy atom. The standard InChI is InChI=1S/C15H19NO2/c1-2-13(16)15(14-9-6-10-17-14)18-11-12-7-4-3-5-8-12/h3-10,13,15H,2,11,16H2,1H3. The minimum atomic E-state index is -0.190. The maximum absolute atomic E-state index is 6.09. The van der Waals surface area contributed by atoms with Crippen LogP contribution in [0.15, 0.2) is 53.1 Å². The fourth-order valence-corrected chi connectivity index (χ4v) is 1.84. The molecule has 0 fully saturated rings. The van der Waals surface area contributed by atoms with Crippen molar-refractivity contribution in [3.8, 4) is 0 Å². The zero-order valence-corrected chi connectivity index (χ0v) is 10.6. The fourth-order valence-electron chi connectivity index (χ4n) is 1.84. The van der Waals surface area contributed by atoms with E-state index in [0.717, 1.165) is 17.7 Å². The number of benzene rings is 1. The van der Waals surface area contributed by atoms with Crippen LogP contribution in [0.3, 0.4) is 0 Å². The molecule has 3 nitrogen and oxygen atoms in total. The molecule has 2 atom stereocenters. The predicted molar refractivity (Wildman–Crippen MR) is 70.9 cm³/mol. The number of hydrogen-bond acceptors (Lipinski definition) is 3. The molecule has 0 bridgehead atoms. The van der Waals surface area contributed by atoms with Crippen LogP contribution in [0.1, 0.15) is 30.8 Å². The summed E-state index contributed by atoms with van der Waals surface area (Å²) < 4.78 is 11.3. The Labute approximate surface area is 108 Å². The van der Waals surface area contributed by atoms with Crippen molar-refractivity contribution < 1.29 is 9.15 Å². The van der Waals surface area contributed by atoms with Gasteiger partial charge in [-0.3, -0.25) is 0 Å². The van der Waals surface area contributed by atoms with Crippen LogP contribution in [0.25, 0.3) is 0 Å². The van der Waals surface area contributed by atoms with Gasteiger partial charge in [0.15, 0.2) is 0 Å². The zero-order chi connectivity index (χ0) is 12.8. The van der Waals surface area contributed by atoms with Gasteiger partial charge in [0.25, 0.3) is 0 Å². The smallest absolute Gasteiger partial charge is 0.134 e. The molecule has 18 heavy (non-hydrogen) atoms. The molecule has 0 saturated heterocycles. The van der Waals surface area contributed by atoms with Crippen molar-refractivity contribution in [3.63, 3.8) is 0 Å². The first-order valence-corrected chi connectivity index (χ1v) is 6.25. The molecular weight excluding hydrogens is 226 g/mol. The fraction of sp³-hybridized carbons (Fsp3) is 0.333. The summed E-state index contributed by atoms with van der Waals surface area (Å²) in [5.74, 6) is 0.792. The van der Waals surface area contributed by atoms with Gasteiger partial charge in [-0.2, -0.15) is 0 Å². The highest BCUT2D eigenvalue weighted by molar-refractivity contribution is 5.14. The summed E-state index contributed by atoms with van der Waals surface area (Å²) in [6.45, 7) is 2.59.